The lowest BCUT2D eigenvalue weighted by Gasteiger charge is -2.01. The number of carboxylic acid groups (broad SMARTS) is 1. The average molecular weight is 198 g/mol. The molecule has 0 saturated carbocycles. The molecular formula is C6H11FO4S. The van der Waals surface area contributed by atoms with Crippen molar-refractivity contribution in [3.63, 3.8) is 0 Å². The number of hydrogen-bond acceptors (Lipinski definition) is 3. The highest BCUT2D eigenvalue weighted by Crippen LogP contribution is 2.00. The second kappa shape index (κ2) is 4.39. The topological polar surface area (TPSA) is 71.4 Å². The minimum absolute atomic E-state index is 0.143. The Morgan fingerprint density at radius 1 is 1.58 bits per heavy atom. The molecule has 0 heterocycles. The van der Waals surface area contributed by atoms with Gasteiger partial charge in [-0.25, -0.2) is 12.8 Å². The van der Waals surface area contributed by atoms with Crippen LogP contribution in [0, 0.1) is 0 Å². The Hall–Kier alpha value is -0.650. The van der Waals surface area contributed by atoms with Gasteiger partial charge in [0, 0.05) is 0 Å². The van der Waals surface area contributed by atoms with E-state index in [0.29, 0.717) is 0 Å². The van der Waals surface area contributed by atoms with Crippen LogP contribution in [0.1, 0.15) is 13.3 Å². The molecule has 72 valence electrons. The van der Waals surface area contributed by atoms with Crippen molar-refractivity contribution in [1.82, 2.24) is 0 Å². The predicted octanol–water partition coefficient (Wildman–Crippen LogP) is 0.234. The Labute approximate surface area is 70.3 Å². The van der Waals surface area contributed by atoms with E-state index >= 15 is 0 Å². The van der Waals surface area contributed by atoms with Crippen molar-refractivity contribution in [3.8, 4) is 0 Å². The summed E-state index contributed by atoms with van der Waals surface area (Å²) in [5, 5.41) is 8.14. The maximum absolute atomic E-state index is 12.2. The minimum Gasteiger partial charge on any atom is -0.480 e. The van der Waals surface area contributed by atoms with E-state index in [1.165, 1.54) is 6.92 Å². The molecule has 0 rings (SSSR count). The molecule has 0 spiro atoms. The van der Waals surface area contributed by atoms with Crippen LogP contribution in [0.5, 0.6) is 0 Å². The van der Waals surface area contributed by atoms with Gasteiger partial charge in [0.2, 0.25) is 0 Å². The SMILES string of the molecule is CC(F)CCS(=O)(=O)CC(=O)O. The summed E-state index contributed by atoms with van der Waals surface area (Å²) < 4.78 is 33.8. The van der Waals surface area contributed by atoms with Gasteiger partial charge in [0.15, 0.2) is 9.84 Å². The Morgan fingerprint density at radius 2 is 2.08 bits per heavy atom. The first-order valence-electron chi connectivity index (χ1n) is 3.40. The van der Waals surface area contributed by atoms with Gasteiger partial charge in [0.25, 0.3) is 0 Å². The van der Waals surface area contributed by atoms with Crippen molar-refractivity contribution >= 4 is 15.8 Å². The van der Waals surface area contributed by atoms with Gasteiger partial charge in [0.05, 0.1) is 11.9 Å². The highest BCUT2D eigenvalue weighted by atomic mass is 32.2. The van der Waals surface area contributed by atoms with Crippen molar-refractivity contribution < 1.29 is 22.7 Å². The number of aliphatic carboxylic acids is 1. The van der Waals surface area contributed by atoms with E-state index in [4.69, 9.17) is 5.11 Å². The molecule has 0 aliphatic carbocycles. The van der Waals surface area contributed by atoms with E-state index in [9.17, 15) is 17.6 Å². The first-order chi connectivity index (χ1) is 5.33. The molecule has 1 unspecified atom stereocenters. The number of carboxylic acids is 1. The molecule has 0 bridgehead atoms. The van der Waals surface area contributed by atoms with Gasteiger partial charge in [-0.1, -0.05) is 0 Å². The van der Waals surface area contributed by atoms with Crippen molar-refractivity contribution in [1.29, 1.82) is 0 Å². The van der Waals surface area contributed by atoms with E-state index in [2.05, 4.69) is 0 Å². The normalized spacial score (nSPS) is 14.2. The average Bonchev–Trinajstić information content (AvgIpc) is 1.81. The van der Waals surface area contributed by atoms with Crippen molar-refractivity contribution in [2.45, 2.75) is 19.5 Å². The van der Waals surface area contributed by atoms with Crippen LogP contribution in [0.15, 0.2) is 0 Å². The number of halogens is 1. The zero-order valence-electron chi connectivity index (χ0n) is 6.66. The van der Waals surface area contributed by atoms with E-state index in [0.717, 1.165) is 0 Å². The first-order valence-corrected chi connectivity index (χ1v) is 5.22. The second-order valence-corrected chi connectivity index (χ2v) is 4.74. The standard InChI is InChI=1S/C6H11FO4S/c1-5(7)2-3-12(10,11)4-6(8)9/h5H,2-4H2,1H3,(H,8,9). The summed E-state index contributed by atoms with van der Waals surface area (Å²) >= 11 is 0. The maximum atomic E-state index is 12.2. The summed E-state index contributed by atoms with van der Waals surface area (Å²) in [4.78, 5) is 9.99. The Bertz CT molecular complexity index is 244. The summed E-state index contributed by atoms with van der Waals surface area (Å²) in [6, 6.07) is 0. The molecule has 0 amide bonds. The van der Waals surface area contributed by atoms with Gasteiger partial charge < -0.3 is 5.11 Å². The summed E-state index contributed by atoms with van der Waals surface area (Å²) in [6.45, 7) is 1.23. The van der Waals surface area contributed by atoms with E-state index < -0.39 is 33.5 Å². The first kappa shape index (κ1) is 11.4. The quantitative estimate of drug-likeness (QED) is 0.686. The number of sulfone groups is 1. The lowest BCUT2D eigenvalue weighted by molar-refractivity contribution is -0.134. The monoisotopic (exact) mass is 198 g/mol. The van der Waals surface area contributed by atoms with E-state index in [1.807, 2.05) is 0 Å². The zero-order valence-corrected chi connectivity index (χ0v) is 7.47. The molecule has 1 N–H and O–H groups in total. The van der Waals surface area contributed by atoms with Crippen molar-refractivity contribution in [2.24, 2.45) is 0 Å². The number of carbonyl (C=O) groups is 1. The van der Waals surface area contributed by atoms with E-state index in [1.54, 1.807) is 0 Å². The highest BCUT2D eigenvalue weighted by Gasteiger charge is 2.16. The molecule has 0 aliphatic rings. The molecule has 4 nitrogen and oxygen atoms in total. The fraction of sp³-hybridized carbons (Fsp3) is 0.833. The van der Waals surface area contributed by atoms with Gasteiger partial charge >= 0.3 is 5.97 Å². The molecule has 0 aromatic rings. The number of alkyl halides is 1. The maximum Gasteiger partial charge on any atom is 0.318 e. The number of rotatable bonds is 5. The largest absolute Gasteiger partial charge is 0.480 e. The molecule has 12 heavy (non-hydrogen) atoms. The summed E-state index contributed by atoms with van der Waals surface area (Å²) in [5.74, 6) is -2.72. The Kier molecular flexibility index (Phi) is 4.16. The zero-order chi connectivity index (χ0) is 9.78. The molecule has 0 aromatic heterocycles. The smallest absolute Gasteiger partial charge is 0.318 e. The van der Waals surface area contributed by atoms with Crippen LogP contribution in [0.25, 0.3) is 0 Å². The number of hydrogen-bond donors (Lipinski definition) is 1. The third-order valence-electron chi connectivity index (χ3n) is 1.17. The molecule has 0 fully saturated rings. The van der Waals surface area contributed by atoms with E-state index in [-0.39, 0.29) is 6.42 Å². The predicted molar refractivity (Wildman–Crippen MR) is 41.5 cm³/mol. The molecule has 0 radical (unpaired) electrons. The van der Waals surface area contributed by atoms with Crippen molar-refractivity contribution in [2.75, 3.05) is 11.5 Å². The second-order valence-electron chi connectivity index (χ2n) is 2.56. The molecule has 0 aromatic carbocycles. The summed E-state index contributed by atoms with van der Waals surface area (Å²) in [7, 11) is -3.62. The summed E-state index contributed by atoms with van der Waals surface area (Å²) in [5.41, 5.74) is 0. The highest BCUT2D eigenvalue weighted by molar-refractivity contribution is 7.92. The van der Waals surface area contributed by atoms with Gasteiger partial charge in [-0.05, 0) is 13.3 Å². The van der Waals surface area contributed by atoms with Crippen LogP contribution >= 0.6 is 0 Å². The third kappa shape index (κ3) is 6.09. The molecule has 0 saturated heterocycles. The third-order valence-corrected chi connectivity index (χ3v) is 2.71. The molecule has 6 heteroatoms. The van der Waals surface area contributed by atoms with Crippen LogP contribution in [0.4, 0.5) is 4.39 Å². The van der Waals surface area contributed by atoms with Gasteiger partial charge in [-0.15, -0.1) is 0 Å². The van der Waals surface area contributed by atoms with Crippen LogP contribution < -0.4 is 0 Å². The van der Waals surface area contributed by atoms with Gasteiger partial charge in [-0.2, -0.15) is 0 Å². The van der Waals surface area contributed by atoms with Crippen molar-refractivity contribution in [3.05, 3.63) is 0 Å². The fourth-order valence-corrected chi connectivity index (χ4v) is 1.81. The van der Waals surface area contributed by atoms with Crippen LogP contribution in [0.3, 0.4) is 0 Å². The molecule has 1 atom stereocenters. The fourth-order valence-electron chi connectivity index (χ4n) is 0.602. The van der Waals surface area contributed by atoms with Crippen LogP contribution in [0.2, 0.25) is 0 Å². The Morgan fingerprint density at radius 3 is 2.42 bits per heavy atom. The Balaban J connectivity index is 3.98. The van der Waals surface area contributed by atoms with Crippen LogP contribution in [-0.2, 0) is 14.6 Å². The van der Waals surface area contributed by atoms with Gasteiger partial charge in [-0.3, -0.25) is 4.79 Å². The minimum atomic E-state index is -3.62. The van der Waals surface area contributed by atoms with Gasteiger partial charge in [0.1, 0.15) is 5.75 Å². The lowest BCUT2D eigenvalue weighted by atomic mass is 10.3. The molecular weight excluding hydrogens is 187 g/mol. The summed E-state index contributed by atoms with van der Waals surface area (Å²) in [6.07, 6.45) is -1.36. The van der Waals surface area contributed by atoms with Crippen LogP contribution in [-0.4, -0.2) is 37.2 Å². The lowest BCUT2D eigenvalue weighted by Crippen LogP contribution is -2.19. The molecule has 0 aliphatic heterocycles.